The maximum absolute atomic E-state index is 11.1. The van der Waals surface area contributed by atoms with Gasteiger partial charge in [0.15, 0.2) is 0 Å². The third kappa shape index (κ3) is 4.20. The highest BCUT2D eigenvalue weighted by atomic mass is 35.5. The number of aryl methyl sites for hydroxylation is 1. The molecule has 0 fully saturated rings. The highest BCUT2D eigenvalue weighted by Crippen LogP contribution is 2.13. The molecule has 0 radical (unpaired) electrons. The Morgan fingerprint density at radius 1 is 1.13 bits per heavy atom. The average molecular weight is 330 g/mol. The molecule has 0 amide bonds. The number of benzene rings is 1. The van der Waals surface area contributed by atoms with E-state index in [1.54, 1.807) is 18.6 Å². The zero-order valence-electron chi connectivity index (χ0n) is 12.3. The van der Waals surface area contributed by atoms with Gasteiger partial charge in [-0.05, 0) is 30.5 Å². The van der Waals surface area contributed by atoms with Crippen LogP contribution in [0.25, 0.3) is 11.3 Å². The van der Waals surface area contributed by atoms with Crippen molar-refractivity contribution in [3.05, 3.63) is 63.9 Å². The molecule has 0 aliphatic heterocycles. The maximum atomic E-state index is 11.1. The molecule has 3 aromatic rings. The number of nitrogens with one attached hydrogen (secondary N) is 3. The molecule has 2 heterocycles. The Balaban J connectivity index is 1.49. The third-order valence-electron chi connectivity index (χ3n) is 3.40. The van der Waals surface area contributed by atoms with Crippen LogP contribution < -0.4 is 11.0 Å². The maximum Gasteiger partial charge on any atom is 0.323 e. The van der Waals surface area contributed by atoms with Crippen LogP contribution in [0.2, 0.25) is 5.02 Å². The van der Waals surface area contributed by atoms with E-state index in [1.807, 2.05) is 24.3 Å². The van der Waals surface area contributed by atoms with Gasteiger partial charge in [-0.25, -0.2) is 14.8 Å². The van der Waals surface area contributed by atoms with Gasteiger partial charge in [0, 0.05) is 35.7 Å². The second kappa shape index (κ2) is 7.11. The topological polar surface area (TPSA) is 86.5 Å². The van der Waals surface area contributed by atoms with Crippen LogP contribution >= 0.6 is 11.6 Å². The van der Waals surface area contributed by atoms with E-state index >= 15 is 0 Å². The summed E-state index contributed by atoms with van der Waals surface area (Å²) in [5.41, 5.74) is 2.44. The zero-order chi connectivity index (χ0) is 16.1. The van der Waals surface area contributed by atoms with Gasteiger partial charge in [-0.3, -0.25) is 0 Å². The number of anilines is 1. The van der Waals surface area contributed by atoms with E-state index < -0.39 is 0 Å². The van der Waals surface area contributed by atoms with E-state index in [9.17, 15) is 4.79 Å². The quantitative estimate of drug-likeness (QED) is 0.607. The molecule has 2 aromatic heterocycles. The SMILES string of the molecule is O=c1[nH]cc(-c2cnc(NCCCc3ccc(Cl)cc3)nc2)[nH]1. The van der Waals surface area contributed by atoms with Crippen LogP contribution in [-0.4, -0.2) is 26.5 Å². The number of hydrogen-bond acceptors (Lipinski definition) is 4. The fourth-order valence-corrected chi connectivity index (χ4v) is 2.32. The lowest BCUT2D eigenvalue weighted by molar-refractivity contribution is 0.853. The minimum atomic E-state index is -0.246. The standard InChI is InChI=1S/C16H16ClN5O/c17-13-5-3-11(4-6-13)2-1-7-18-15-19-8-12(9-20-15)14-10-21-16(23)22-14/h3-6,8-10H,1-2,7H2,(H,18,19,20)(H2,21,22,23). The first kappa shape index (κ1) is 15.3. The lowest BCUT2D eigenvalue weighted by Crippen LogP contribution is -2.06. The summed E-state index contributed by atoms with van der Waals surface area (Å²) in [5, 5.41) is 3.94. The van der Waals surface area contributed by atoms with Crippen LogP contribution in [0, 0.1) is 0 Å². The van der Waals surface area contributed by atoms with E-state index in [1.165, 1.54) is 5.56 Å². The van der Waals surface area contributed by atoms with Gasteiger partial charge in [-0.2, -0.15) is 0 Å². The number of H-pyrrole nitrogens is 2. The molecule has 0 spiro atoms. The van der Waals surface area contributed by atoms with E-state index in [4.69, 9.17) is 11.6 Å². The Hall–Kier alpha value is -2.60. The molecule has 0 unspecified atom stereocenters. The number of rotatable bonds is 6. The average Bonchev–Trinajstić information content (AvgIpc) is 3.00. The number of halogens is 1. The minimum Gasteiger partial charge on any atom is -0.354 e. The molecule has 118 valence electrons. The predicted molar refractivity (Wildman–Crippen MR) is 90.7 cm³/mol. The van der Waals surface area contributed by atoms with Crippen molar-refractivity contribution >= 4 is 17.5 Å². The monoisotopic (exact) mass is 329 g/mol. The van der Waals surface area contributed by atoms with Crippen molar-refractivity contribution < 1.29 is 0 Å². The summed E-state index contributed by atoms with van der Waals surface area (Å²) in [5.74, 6) is 0.572. The molecular weight excluding hydrogens is 314 g/mol. The van der Waals surface area contributed by atoms with Gasteiger partial charge in [-0.1, -0.05) is 23.7 Å². The van der Waals surface area contributed by atoms with Crippen LogP contribution in [0.4, 0.5) is 5.95 Å². The van der Waals surface area contributed by atoms with Gasteiger partial charge in [0.1, 0.15) is 0 Å². The highest BCUT2D eigenvalue weighted by Gasteiger charge is 2.02. The Morgan fingerprint density at radius 3 is 2.52 bits per heavy atom. The van der Waals surface area contributed by atoms with E-state index in [-0.39, 0.29) is 5.69 Å². The molecule has 23 heavy (non-hydrogen) atoms. The molecule has 3 N–H and O–H groups in total. The Morgan fingerprint density at radius 2 is 1.87 bits per heavy atom. The molecule has 0 aliphatic carbocycles. The van der Waals surface area contributed by atoms with Crippen LogP contribution in [0.5, 0.6) is 0 Å². The second-order valence-corrected chi connectivity index (χ2v) is 5.55. The number of aromatic nitrogens is 4. The number of nitrogens with zero attached hydrogens (tertiary/aromatic N) is 2. The molecule has 0 aliphatic rings. The molecule has 7 heteroatoms. The Bertz CT molecular complexity index is 807. The second-order valence-electron chi connectivity index (χ2n) is 5.11. The first-order chi connectivity index (χ1) is 11.2. The normalized spacial score (nSPS) is 10.7. The van der Waals surface area contributed by atoms with Crippen molar-refractivity contribution in [1.29, 1.82) is 0 Å². The van der Waals surface area contributed by atoms with E-state index in [0.717, 1.165) is 30.0 Å². The van der Waals surface area contributed by atoms with Gasteiger partial charge in [0.05, 0.1) is 5.69 Å². The minimum absolute atomic E-state index is 0.246. The summed E-state index contributed by atoms with van der Waals surface area (Å²) in [6, 6.07) is 7.87. The van der Waals surface area contributed by atoms with Crippen molar-refractivity contribution in [3.63, 3.8) is 0 Å². The van der Waals surface area contributed by atoms with Gasteiger partial charge < -0.3 is 15.3 Å². The van der Waals surface area contributed by atoms with Crippen molar-refractivity contribution in [2.75, 3.05) is 11.9 Å². The first-order valence-electron chi connectivity index (χ1n) is 7.29. The van der Waals surface area contributed by atoms with Gasteiger partial charge in [-0.15, -0.1) is 0 Å². The fraction of sp³-hybridized carbons (Fsp3) is 0.188. The van der Waals surface area contributed by atoms with Crippen LogP contribution in [-0.2, 0) is 6.42 Å². The zero-order valence-corrected chi connectivity index (χ0v) is 13.1. The summed E-state index contributed by atoms with van der Waals surface area (Å²) in [4.78, 5) is 24.8. The van der Waals surface area contributed by atoms with Crippen molar-refractivity contribution in [2.45, 2.75) is 12.8 Å². The summed E-state index contributed by atoms with van der Waals surface area (Å²) in [7, 11) is 0. The molecule has 0 atom stereocenters. The number of imidazole rings is 1. The van der Waals surface area contributed by atoms with Gasteiger partial charge in [0.25, 0.3) is 0 Å². The summed E-state index contributed by atoms with van der Waals surface area (Å²) in [6.45, 7) is 0.781. The summed E-state index contributed by atoms with van der Waals surface area (Å²) in [6.07, 6.45) is 6.88. The van der Waals surface area contributed by atoms with Crippen LogP contribution in [0.3, 0.4) is 0 Å². The van der Waals surface area contributed by atoms with Crippen LogP contribution in [0.1, 0.15) is 12.0 Å². The molecular formula is C16H16ClN5O. The molecule has 6 nitrogen and oxygen atoms in total. The first-order valence-corrected chi connectivity index (χ1v) is 7.67. The number of aromatic amines is 2. The molecule has 0 saturated carbocycles. The lowest BCUT2D eigenvalue weighted by atomic mass is 10.1. The molecule has 0 saturated heterocycles. The summed E-state index contributed by atoms with van der Waals surface area (Å²) < 4.78 is 0. The van der Waals surface area contributed by atoms with Crippen molar-refractivity contribution in [3.8, 4) is 11.3 Å². The largest absolute Gasteiger partial charge is 0.354 e. The third-order valence-corrected chi connectivity index (χ3v) is 3.65. The van der Waals surface area contributed by atoms with Crippen molar-refractivity contribution in [2.24, 2.45) is 0 Å². The Kier molecular flexibility index (Phi) is 4.73. The fourth-order valence-electron chi connectivity index (χ4n) is 2.19. The van der Waals surface area contributed by atoms with Gasteiger partial charge in [0.2, 0.25) is 5.95 Å². The molecule has 3 rings (SSSR count). The number of hydrogen-bond donors (Lipinski definition) is 3. The van der Waals surface area contributed by atoms with Crippen LogP contribution in [0.15, 0.2) is 47.7 Å². The molecule has 1 aromatic carbocycles. The van der Waals surface area contributed by atoms with E-state index in [0.29, 0.717) is 11.6 Å². The van der Waals surface area contributed by atoms with Gasteiger partial charge >= 0.3 is 5.69 Å². The lowest BCUT2D eigenvalue weighted by Gasteiger charge is -2.05. The Labute approximate surface area is 138 Å². The predicted octanol–water partition coefficient (Wildman–Crippen LogP) is 2.86. The van der Waals surface area contributed by atoms with Crippen molar-refractivity contribution in [1.82, 2.24) is 19.9 Å². The highest BCUT2D eigenvalue weighted by molar-refractivity contribution is 6.30. The molecule has 0 bridgehead atoms. The summed E-state index contributed by atoms with van der Waals surface area (Å²) >= 11 is 5.86. The van der Waals surface area contributed by atoms with E-state index in [2.05, 4.69) is 25.3 Å². The smallest absolute Gasteiger partial charge is 0.323 e.